The van der Waals surface area contributed by atoms with Gasteiger partial charge in [-0.2, -0.15) is 23.3 Å². The van der Waals surface area contributed by atoms with Crippen molar-refractivity contribution in [2.75, 3.05) is 56.6 Å². The van der Waals surface area contributed by atoms with Crippen LogP contribution in [0.2, 0.25) is 0 Å². The highest BCUT2D eigenvalue weighted by atomic mass is 32.2. The zero-order valence-corrected chi connectivity index (χ0v) is 27.6. The number of morpholine rings is 1. The number of ether oxygens (including phenoxy) is 1. The summed E-state index contributed by atoms with van der Waals surface area (Å²) in [5.41, 5.74) is -0.823. The van der Waals surface area contributed by atoms with Crippen LogP contribution in [0.15, 0.2) is 46.7 Å². The predicted molar refractivity (Wildman–Crippen MR) is 176 cm³/mol. The largest absolute Gasteiger partial charge is 0.417 e. The maximum atomic E-state index is 15.3. The molecule has 1 amide bonds. The van der Waals surface area contributed by atoms with Crippen LogP contribution in [-0.2, 0) is 22.8 Å². The van der Waals surface area contributed by atoms with Gasteiger partial charge in [0.05, 0.1) is 47.4 Å². The summed E-state index contributed by atoms with van der Waals surface area (Å²) in [6, 6.07) is 2.58. The summed E-state index contributed by atoms with van der Waals surface area (Å²) in [7, 11) is 1.56. The van der Waals surface area contributed by atoms with Crippen molar-refractivity contribution in [2.45, 2.75) is 43.0 Å². The first-order valence-electron chi connectivity index (χ1n) is 15.8. The number of fused-ring (bicyclic) bond motifs is 1. The number of aromatic nitrogens is 4. The molecular formula is C33H35F4N7O3S. The standard InChI is InChI=1S/C33H35F4N7O3S/c1-5-26(45)43-18(2)14-42(15-19(43)3)31-22-12-24(33(35,36)37)27(21-6-7-25(34)23-13-38-40(4)28(21)23)30-29(22)44(32(46)39-31)20(17-48-30)16-41-8-10-47-11-9-41/h5-7,12-13,18-20H,1,8-11,14-17H2,2-4H3/t18-,19+,20?. The Morgan fingerprint density at radius 3 is 2.50 bits per heavy atom. The van der Waals surface area contributed by atoms with E-state index in [9.17, 15) is 14.0 Å². The number of amides is 1. The summed E-state index contributed by atoms with van der Waals surface area (Å²) in [5, 5.41) is 4.46. The van der Waals surface area contributed by atoms with E-state index in [0.717, 1.165) is 12.1 Å². The molecule has 3 aliphatic rings. The monoisotopic (exact) mass is 685 g/mol. The number of carbonyl (C=O) groups is 1. The van der Waals surface area contributed by atoms with Crippen molar-refractivity contribution in [1.82, 2.24) is 29.1 Å². The highest BCUT2D eigenvalue weighted by Gasteiger charge is 2.41. The molecule has 1 unspecified atom stereocenters. The fraction of sp³-hybridized carbons (Fsp3) is 0.455. The SMILES string of the molecule is C=CC(=O)N1[C@H](C)CN(c2nc(=O)n3c4c(c(-c5ccc(F)c6cnn(C)c56)c(C(F)(F)F)cc24)SCC3CN2CCOCC2)C[C@@H]1C. The van der Waals surface area contributed by atoms with Gasteiger partial charge in [-0.25, -0.2) is 9.18 Å². The number of benzene rings is 2. The van der Waals surface area contributed by atoms with Crippen molar-refractivity contribution in [1.29, 1.82) is 0 Å². The molecule has 254 valence electrons. The zero-order valence-electron chi connectivity index (χ0n) is 26.8. The second kappa shape index (κ2) is 12.2. The number of alkyl halides is 3. The lowest BCUT2D eigenvalue weighted by Gasteiger charge is -2.45. The maximum absolute atomic E-state index is 15.3. The van der Waals surface area contributed by atoms with Gasteiger partial charge in [0, 0.05) is 79.0 Å². The van der Waals surface area contributed by atoms with Gasteiger partial charge < -0.3 is 14.5 Å². The number of carbonyl (C=O) groups excluding carboxylic acids is 1. The van der Waals surface area contributed by atoms with Gasteiger partial charge in [-0.15, -0.1) is 11.8 Å². The molecule has 15 heteroatoms. The van der Waals surface area contributed by atoms with Gasteiger partial charge in [-0.1, -0.05) is 6.58 Å². The van der Waals surface area contributed by atoms with Crippen molar-refractivity contribution in [3.63, 3.8) is 0 Å². The Morgan fingerprint density at radius 1 is 1.12 bits per heavy atom. The first-order chi connectivity index (χ1) is 22.9. The topological polar surface area (TPSA) is 88.7 Å². The second-order valence-corrected chi connectivity index (χ2v) is 13.7. The number of piperazine rings is 1. The number of thioether (sulfide) groups is 1. The van der Waals surface area contributed by atoms with Gasteiger partial charge in [-0.05, 0) is 38.1 Å². The van der Waals surface area contributed by atoms with E-state index in [1.165, 1.54) is 34.8 Å². The quantitative estimate of drug-likeness (QED) is 0.221. The minimum atomic E-state index is -4.81. The third kappa shape index (κ3) is 5.35. The van der Waals surface area contributed by atoms with E-state index in [0.29, 0.717) is 44.1 Å². The molecule has 10 nitrogen and oxygen atoms in total. The van der Waals surface area contributed by atoms with Gasteiger partial charge in [-0.3, -0.25) is 18.9 Å². The molecular weight excluding hydrogens is 650 g/mol. The first kappa shape index (κ1) is 32.6. The molecule has 3 aliphatic heterocycles. The summed E-state index contributed by atoms with van der Waals surface area (Å²) in [5.74, 6) is -0.359. The molecule has 0 saturated carbocycles. The molecule has 3 atom stereocenters. The predicted octanol–water partition coefficient (Wildman–Crippen LogP) is 4.70. The Balaban J connectivity index is 1.51. The minimum absolute atomic E-state index is 0.101. The molecule has 4 aromatic rings. The molecule has 5 heterocycles. The van der Waals surface area contributed by atoms with Crippen LogP contribution in [-0.4, -0.2) is 98.8 Å². The van der Waals surface area contributed by atoms with E-state index >= 15 is 13.2 Å². The Hall–Kier alpha value is -3.95. The molecule has 0 N–H and O–H groups in total. The molecule has 0 aliphatic carbocycles. The summed E-state index contributed by atoms with van der Waals surface area (Å²) in [4.78, 5) is 37.2. The molecule has 48 heavy (non-hydrogen) atoms. The van der Waals surface area contributed by atoms with Gasteiger partial charge in [0.2, 0.25) is 5.91 Å². The van der Waals surface area contributed by atoms with Gasteiger partial charge in [0.25, 0.3) is 0 Å². The Bertz CT molecular complexity index is 1990. The lowest BCUT2D eigenvalue weighted by molar-refractivity contribution is -0.137. The van der Waals surface area contributed by atoms with E-state index < -0.39 is 23.2 Å². The van der Waals surface area contributed by atoms with E-state index in [-0.39, 0.29) is 75.3 Å². The molecule has 2 fully saturated rings. The number of nitrogens with zero attached hydrogens (tertiary/aromatic N) is 7. The number of anilines is 1. The molecule has 2 saturated heterocycles. The third-order valence-electron chi connectivity index (χ3n) is 9.57. The van der Waals surface area contributed by atoms with E-state index in [2.05, 4.69) is 21.6 Å². The summed E-state index contributed by atoms with van der Waals surface area (Å²) in [6.07, 6.45) is -2.26. The van der Waals surface area contributed by atoms with Crippen LogP contribution in [0.3, 0.4) is 0 Å². The van der Waals surface area contributed by atoms with E-state index in [4.69, 9.17) is 4.74 Å². The highest BCUT2D eigenvalue weighted by molar-refractivity contribution is 7.99. The van der Waals surface area contributed by atoms with Gasteiger partial charge in [0.15, 0.2) is 0 Å². The second-order valence-electron chi connectivity index (χ2n) is 12.7. The van der Waals surface area contributed by atoms with Crippen LogP contribution in [0.25, 0.3) is 32.9 Å². The van der Waals surface area contributed by atoms with Crippen molar-refractivity contribution in [3.8, 4) is 11.1 Å². The number of aryl methyl sites for hydroxylation is 1. The van der Waals surface area contributed by atoms with Crippen molar-refractivity contribution >= 4 is 45.3 Å². The molecule has 0 radical (unpaired) electrons. The molecule has 0 spiro atoms. The highest BCUT2D eigenvalue weighted by Crippen LogP contribution is 2.51. The third-order valence-corrected chi connectivity index (χ3v) is 10.8. The van der Waals surface area contributed by atoms with Crippen molar-refractivity contribution in [3.05, 3.63) is 58.9 Å². The molecule has 2 aromatic heterocycles. The van der Waals surface area contributed by atoms with E-state index in [1.807, 2.05) is 13.8 Å². The number of hydrogen-bond acceptors (Lipinski definition) is 8. The Labute approximate surface area is 277 Å². The first-order valence-corrected chi connectivity index (χ1v) is 16.8. The summed E-state index contributed by atoms with van der Waals surface area (Å²) < 4.78 is 69.1. The summed E-state index contributed by atoms with van der Waals surface area (Å²) in [6.45, 7) is 10.8. The Kier molecular flexibility index (Phi) is 8.27. The number of hydrogen-bond donors (Lipinski definition) is 0. The fourth-order valence-corrected chi connectivity index (χ4v) is 8.86. The molecule has 7 rings (SSSR count). The van der Waals surface area contributed by atoms with Crippen LogP contribution in [0.4, 0.5) is 23.4 Å². The lowest BCUT2D eigenvalue weighted by atomic mass is 9.94. The van der Waals surface area contributed by atoms with Gasteiger partial charge >= 0.3 is 11.9 Å². The van der Waals surface area contributed by atoms with Crippen LogP contribution in [0.1, 0.15) is 25.5 Å². The van der Waals surface area contributed by atoms with Crippen LogP contribution in [0.5, 0.6) is 0 Å². The van der Waals surface area contributed by atoms with Gasteiger partial charge in [0.1, 0.15) is 11.6 Å². The van der Waals surface area contributed by atoms with Crippen LogP contribution in [0, 0.1) is 5.82 Å². The maximum Gasteiger partial charge on any atom is 0.417 e. The van der Waals surface area contributed by atoms with Crippen LogP contribution < -0.4 is 10.6 Å². The minimum Gasteiger partial charge on any atom is -0.379 e. The van der Waals surface area contributed by atoms with Crippen molar-refractivity contribution < 1.29 is 27.1 Å². The zero-order chi connectivity index (χ0) is 34.1. The normalized spacial score (nSPS) is 22.1. The molecule has 0 bridgehead atoms. The number of rotatable bonds is 5. The number of halogens is 4. The average Bonchev–Trinajstić information content (AvgIpc) is 3.44. The summed E-state index contributed by atoms with van der Waals surface area (Å²) >= 11 is 1.27. The average molecular weight is 686 g/mol. The van der Waals surface area contributed by atoms with Crippen molar-refractivity contribution in [2.24, 2.45) is 7.05 Å². The fourth-order valence-electron chi connectivity index (χ4n) is 7.53. The van der Waals surface area contributed by atoms with E-state index in [1.54, 1.807) is 21.4 Å². The Morgan fingerprint density at radius 2 is 1.83 bits per heavy atom. The smallest absolute Gasteiger partial charge is 0.379 e. The lowest BCUT2D eigenvalue weighted by Crippen LogP contribution is -2.58. The van der Waals surface area contributed by atoms with Crippen LogP contribution >= 0.6 is 11.8 Å². The molecule has 2 aromatic carbocycles.